The van der Waals surface area contributed by atoms with E-state index in [-0.39, 0.29) is 31.1 Å². The van der Waals surface area contributed by atoms with Crippen molar-refractivity contribution >= 4 is 113 Å². The lowest BCUT2D eigenvalue weighted by atomic mass is 9.96. The fraction of sp³-hybridized carbons (Fsp3) is 0.629. The molecule has 590 valence electrons. The number of amides is 16. The Hall–Kier alpha value is -9.76. The highest BCUT2D eigenvalue weighted by Gasteiger charge is 2.37. The number of carbonyl (C=O) groups excluding carboxylic acids is 16. The molecule has 0 unspecified atom stereocenters. The second-order valence-corrected chi connectivity index (χ2v) is 24.4. The third-order valence-corrected chi connectivity index (χ3v) is 16.0. The van der Waals surface area contributed by atoms with Gasteiger partial charge in [-0.1, -0.05) is 70.9 Å². The van der Waals surface area contributed by atoms with Crippen molar-refractivity contribution in [2.75, 3.05) is 78.1 Å². The molecular weight excluding hydrogens is 1410 g/mol. The number of benzene rings is 1. The summed E-state index contributed by atoms with van der Waals surface area (Å²) in [7, 11) is 0. The number of unbranched alkanes of at least 4 members (excludes halogenated alkanes) is 1. The zero-order valence-corrected chi connectivity index (χ0v) is 59.8. The molecule has 1 aromatic carbocycles. The molecule has 0 spiro atoms. The normalized spacial score (nSPS) is 15.2. The van der Waals surface area contributed by atoms with Crippen LogP contribution in [0.4, 0.5) is 0 Å². The average molecular weight is 1520 g/mol. The number of aliphatic carboxylic acids is 1. The van der Waals surface area contributed by atoms with E-state index in [2.05, 4.69) is 76.4 Å². The third-order valence-electron chi connectivity index (χ3n) is 15.6. The molecule has 0 aliphatic carbocycles. The Morgan fingerprint density at radius 1 is 0.390 bits per heavy atom. The molecule has 1 aromatic rings. The van der Waals surface area contributed by atoms with Crippen LogP contribution in [0.1, 0.15) is 79.2 Å². The van der Waals surface area contributed by atoms with E-state index in [0.717, 1.165) is 6.92 Å². The van der Waals surface area contributed by atoms with Crippen molar-refractivity contribution in [3.8, 4) is 0 Å². The molecule has 0 fully saturated rings. The Labute approximate surface area is 609 Å². The molecule has 1 rings (SSSR count). The molecule has 42 nitrogen and oxygen atoms in total. The van der Waals surface area contributed by atoms with Gasteiger partial charge in [-0.15, -0.1) is 0 Å². The van der Waals surface area contributed by atoms with Crippen LogP contribution < -0.4 is 96.5 Å². The van der Waals surface area contributed by atoms with Crippen LogP contribution in [-0.4, -0.2) is 293 Å². The van der Waals surface area contributed by atoms with E-state index in [4.69, 9.17) is 11.5 Å². The smallest absolute Gasteiger partial charge is 0.326 e. The first-order valence-corrected chi connectivity index (χ1v) is 34.0. The number of aliphatic hydroxyl groups excluding tert-OH is 6. The summed E-state index contributed by atoms with van der Waals surface area (Å²) < 4.78 is 0. The van der Waals surface area contributed by atoms with Gasteiger partial charge in [-0.2, -0.15) is 12.6 Å². The zero-order valence-electron chi connectivity index (χ0n) is 58.9. The lowest BCUT2D eigenvalue weighted by molar-refractivity contribution is -0.143. The molecule has 15 atom stereocenters. The number of carboxylic acids is 1. The Morgan fingerprint density at radius 2 is 0.724 bits per heavy atom. The maximum atomic E-state index is 13.5. The molecule has 105 heavy (non-hydrogen) atoms. The van der Waals surface area contributed by atoms with Gasteiger partial charge in [-0.25, -0.2) is 4.79 Å². The van der Waals surface area contributed by atoms with Crippen LogP contribution in [0.3, 0.4) is 0 Å². The van der Waals surface area contributed by atoms with Gasteiger partial charge >= 0.3 is 5.97 Å². The van der Waals surface area contributed by atoms with Crippen LogP contribution in [0.25, 0.3) is 0 Å². The monoisotopic (exact) mass is 1510 g/mol. The molecule has 0 bridgehead atoms. The van der Waals surface area contributed by atoms with Crippen molar-refractivity contribution in [3.05, 3.63) is 35.9 Å². The molecular formula is C62H102N18O24S. The molecule has 0 saturated heterocycles. The minimum Gasteiger partial charge on any atom is -0.480 e. The Morgan fingerprint density at radius 3 is 1.13 bits per heavy atom. The molecule has 0 aliphatic heterocycles. The number of aliphatic hydroxyl groups is 6. The van der Waals surface area contributed by atoms with Crippen molar-refractivity contribution in [2.45, 2.75) is 159 Å². The van der Waals surface area contributed by atoms with Crippen molar-refractivity contribution in [3.63, 3.8) is 0 Å². The maximum absolute atomic E-state index is 13.5. The minimum atomic E-state index is -1.96. The number of hydrogen-bond donors (Lipinski definition) is 26. The van der Waals surface area contributed by atoms with E-state index in [1.165, 1.54) is 6.92 Å². The second kappa shape index (κ2) is 49.8. The number of carboxylic acid groups (broad SMARTS) is 1. The first-order chi connectivity index (χ1) is 49.6. The van der Waals surface area contributed by atoms with Gasteiger partial charge in [0.25, 0.3) is 0 Å². The topological polar surface area (TPSA) is 676 Å². The SMILES string of the molecule is CC[C@H](C)[C@H](NC(=O)[C@H](C)N)C(=O)NCC(=O)N[C@@H](CS)C(=O)NCC(=O)N[C@@H](Cc1ccccc1)C(=O)NCC(=O)N[C@@H](CO)C(=O)N[C@@H](CO)C(=O)NCC(=O)NCC(=O)N[C@@H](CO)C(=O)N[C@@H](CO)C(=O)N[C@@H](CO)C(=O)N[C@H](C(=O)N[C@H](C(=O)N[C@@H](CCCCN)C(=O)O)[C@@H](C)CC)[C@@H](C)O. The second-order valence-electron chi connectivity index (χ2n) is 24.0. The summed E-state index contributed by atoms with van der Waals surface area (Å²) in [6.07, 6.45) is -0.217. The minimum absolute atomic E-state index is 0.0214. The number of nitrogens with one attached hydrogen (secondary N) is 16. The average Bonchev–Trinajstić information content (AvgIpc) is 0.859. The fourth-order valence-electron chi connectivity index (χ4n) is 9.01. The van der Waals surface area contributed by atoms with Gasteiger partial charge in [-0.05, 0) is 57.1 Å². The van der Waals surface area contributed by atoms with E-state index in [0.29, 0.717) is 31.2 Å². The molecule has 27 N–H and O–H groups in total. The fourth-order valence-corrected chi connectivity index (χ4v) is 9.27. The van der Waals surface area contributed by atoms with Crippen LogP contribution in [0.15, 0.2) is 30.3 Å². The van der Waals surface area contributed by atoms with Crippen molar-refractivity contribution in [1.82, 2.24) is 85.1 Å². The van der Waals surface area contributed by atoms with Crippen LogP contribution in [0.5, 0.6) is 0 Å². The van der Waals surface area contributed by atoms with Gasteiger partial charge in [0.15, 0.2) is 0 Å². The number of thiol groups is 1. The molecule has 0 aromatic heterocycles. The molecule has 0 radical (unpaired) electrons. The first kappa shape index (κ1) is 93.3. The molecule has 43 heteroatoms. The van der Waals surface area contributed by atoms with E-state index in [9.17, 15) is 117 Å². The predicted molar refractivity (Wildman–Crippen MR) is 370 cm³/mol. The number of carbonyl (C=O) groups is 17. The largest absolute Gasteiger partial charge is 0.480 e. The summed E-state index contributed by atoms with van der Waals surface area (Å²) in [5.74, 6) is -19.2. The van der Waals surface area contributed by atoms with Crippen molar-refractivity contribution in [2.24, 2.45) is 23.3 Å². The summed E-state index contributed by atoms with van der Waals surface area (Å²) in [6, 6.07) is -10.5. The van der Waals surface area contributed by atoms with E-state index >= 15 is 0 Å². The van der Waals surface area contributed by atoms with Gasteiger partial charge < -0.3 is 132 Å². The lowest BCUT2D eigenvalue weighted by Crippen LogP contribution is -2.63. The van der Waals surface area contributed by atoms with Crippen molar-refractivity contribution < 1.29 is 117 Å². The first-order valence-electron chi connectivity index (χ1n) is 33.3. The van der Waals surface area contributed by atoms with Gasteiger partial charge in [0.2, 0.25) is 94.5 Å². The Bertz CT molecular complexity index is 3100. The molecule has 0 saturated carbocycles. The summed E-state index contributed by atoms with van der Waals surface area (Å²) in [4.78, 5) is 220. The Kier molecular flexibility index (Phi) is 44.2. The van der Waals surface area contributed by atoms with Gasteiger partial charge in [0.05, 0.1) is 77.9 Å². The number of hydrogen-bond acceptors (Lipinski definition) is 26. The van der Waals surface area contributed by atoms with Gasteiger partial charge in [-0.3, -0.25) is 76.7 Å². The van der Waals surface area contributed by atoms with Crippen LogP contribution >= 0.6 is 12.6 Å². The Balaban J connectivity index is 2.86. The van der Waals surface area contributed by atoms with Crippen molar-refractivity contribution in [1.29, 1.82) is 0 Å². The number of rotatable bonds is 50. The van der Waals surface area contributed by atoms with Crippen LogP contribution in [0.2, 0.25) is 0 Å². The predicted octanol–water partition coefficient (Wildman–Crippen LogP) is -12.9. The van der Waals surface area contributed by atoms with Crippen LogP contribution in [-0.2, 0) is 87.9 Å². The summed E-state index contributed by atoms with van der Waals surface area (Å²) in [5, 5.41) is 106. The third kappa shape index (κ3) is 34.6. The van der Waals surface area contributed by atoms with E-state index < -0.39 is 251 Å². The quantitative estimate of drug-likeness (QED) is 0.0213. The maximum Gasteiger partial charge on any atom is 0.326 e. The van der Waals surface area contributed by atoms with Gasteiger partial charge in [0.1, 0.15) is 66.5 Å². The van der Waals surface area contributed by atoms with E-state index in [1.807, 2.05) is 21.3 Å². The van der Waals surface area contributed by atoms with E-state index in [1.54, 1.807) is 58.0 Å². The zero-order chi connectivity index (χ0) is 79.6. The highest BCUT2D eigenvalue weighted by atomic mass is 32.1. The highest BCUT2D eigenvalue weighted by molar-refractivity contribution is 7.80. The molecule has 0 heterocycles. The van der Waals surface area contributed by atoms with Gasteiger partial charge in [0, 0.05) is 12.2 Å². The standard InChI is InChI=1S/C62H102N18O24S/c1-7-30(3)48(78-51(92)32(5)64)59(100)69-23-47(91)73-42(29-105)54(95)68-21-45(89)70-36(18-34-14-10-9-11-15-34)52(93)67-22-46(90)72-38(25-82)55(96)75-37(24-81)53(94)66-19-43(87)65-20-44(88)71-39(26-83)56(97)76-40(27-84)57(98)77-41(28-85)58(99)80-50(33(6)86)61(102)79-49(31(4)8-2)60(101)74-35(62(103)104)16-12-13-17-63/h9-11,14-15,30-33,35-42,48-50,81-86,105H,7-8,12-13,16-29,63-64H2,1-6H3,(H,65,87)(H,66,94)(H,67,93)(H,68,95)(H,69,100)(H,70,89)(H,71,88)(H,72,90)(H,73,91)(H,74,101)(H,75,96)(H,76,97)(H,77,98)(H,78,92)(H,79,102)(H,80,99)(H,103,104)/t30-,31-,32-,33+,35-,36-,37-,38-,39-,40-,41-,42-,48-,49-,50-/m0/s1. The van der Waals surface area contributed by atoms with Crippen LogP contribution in [0, 0.1) is 11.8 Å². The summed E-state index contributed by atoms with van der Waals surface area (Å²) in [6.45, 7) is -0.348. The summed E-state index contributed by atoms with van der Waals surface area (Å²) in [5.41, 5.74) is 11.6. The lowest BCUT2D eigenvalue weighted by Gasteiger charge is -2.29. The molecule has 0 aliphatic rings. The highest BCUT2D eigenvalue weighted by Crippen LogP contribution is 2.13. The summed E-state index contributed by atoms with van der Waals surface area (Å²) >= 11 is 4.09. The molecule has 16 amide bonds. The number of nitrogens with two attached hydrogens (primary N) is 2.